The van der Waals surface area contributed by atoms with E-state index in [0.29, 0.717) is 11.4 Å². The van der Waals surface area contributed by atoms with E-state index in [9.17, 15) is 4.79 Å². The molecule has 0 amide bonds. The van der Waals surface area contributed by atoms with Crippen molar-refractivity contribution in [3.05, 3.63) is 41.2 Å². The predicted octanol–water partition coefficient (Wildman–Crippen LogP) is 1.60. The van der Waals surface area contributed by atoms with Gasteiger partial charge in [0.2, 0.25) is 0 Å². The van der Waals surface area contributed by atoms with E-state index in [1.807, 2.05) is 19.1 Å². The molecule has 1 heterocycles. The number of nitrogens with zero attached hydrogens (tertiary/aromatic N) is 4. The number of hydrogen-bond donors (Lipinski definition) is 0. The van der Waals surface area contributed by atoms with Crippen molar-refractivity contribution in [2.24, 2.45) is 0 Å². The van der Waals surface area contributed by atoms with E-state index >= 15 is 0 Å². The first-order chi connectivity index (χ1) is 8.19. The lowest BCUT2D eigenvalue weighted by Crippen LogP contribution is -2.13. The zero-order valence-corrected chi connectivity index (χ0v) is 10.1. The van der Waals surface area contributed by atoms with Crippen LogP contribution in [0, 0.1) is 6.92 Å². The molecule has 0 radical (unpaired) electrons. The number of hydrogen-bond acceptors (Lipinski definition) is 4. The Kier molecular flexibility index (Phi) is 3.49. The maximum absolute atomic E-state index is 11.9. The first kappa shape index (κ1) is 11.7. The Morgan fingerprint density at radius 3 is 2.65 bits per heavy atom. The lowest BCUT2D eigenvalue weighted by atomic mass is 10.1. The van der Waals surface area contributed by atoms with Crippen molar-refractivity contribution in [2.45, 2.75) is 19.3 Å². The highest BCUT2D eigenvalue weighted by atomic mass is 35.5. The van der Waals surface area contributed by atoms with Crippen molar-refractivity contribution in [3.8, 4) is 0 Å². The molecule has 5 nitrogen and oxygen atoms in total. The fourth-order valence-corrected chi connectivity index (χ4v) is 1.46. The zero-order chi connectivity index (χ0) is 12.3. The normalized spacial score (nSPS) is 10.5. The van der Waals surface area contributed by atoms with Gasteiger partial charge in [0, 0.05) is 5.56 Å². The number of ketones is 1. The van der Waals surface area contributed by atoms with Gasteiger partial charge in [-0.15, -0.1) is 21.8 Å². The summed E-state index contributed by atoms with van der Waals surface area (Å²) in [6, 6.07) is 7.37. The molecule has 0 saturated carbocycles. The monoisotopic (exact) mass is 250 g/mol. The van der Waals surface area contributed by atoms with Crippen molar-refractivity contribution in [3.63, 3.8) is 0 Å². The summed E-state index contributed by atoms with van der Waals surface area (Å²) < 4.78 is 0. The van der Waals surface area contributed by atoms with E-state index in [-0.39, 0.29) is 18.2 Å². The lowest BCUT2D eigenvalue weighted by molar-refractivity contribution is 0.0961. The molecule has 6 heteroatoms. The molecule has 0 saturated heterocycles. The third kappa shape index (κ3) is 2.88. The Balaban J connectivity index is 2.08. The smallest absolute Gasteiger partial charge is 0.189 e. The van der Waals surface area contributed by atoms with Crippen molar-refractivity contribution >= 4 is 17.4 Å². The number of halogens is 1. The summed E-state index contributed by atoms with van der Waals surface area (Å²) in [5.41, 5.74) is 1.75. The van der Waals surface area contributed by atoms with Gasteiger partial charge in [0.15, 0.2) is 11.6 Å². The van der Waals surface area contributed by atoms with Gasteiger partial charge < -0.3 is 0 Å². The molecule has 1 aromatic heterocycles. The van der Waals surface area contributed by atoms with Crippen molar-refractivity contribution in [1.29, 1.82) is 0 Å². The molecule has 0 spiro atoms. The lowest BCUT2D eigenvalue weighted by Gasteiger charge is -2.00. The molecule has 0 unspecified atom stereocenters. The van der Waals surface area contributed by atoms with E-state index in [1.165, 1.54) is 4.80 Å². The first-order valence-electron chi connectivity index (χ1n) is 5.11. The number of aryl methyl sites for hydroxylation is 1. The average Bonchev–Trinajstić information content (AvgIpc) is 2.77. The molecule has 88 valence electrons. The van der Waals surface area contributed by atoms with Gasteiger partial charge in [-0.05, 0) is 12.1 Å². The van der Waals surface area contributed by atoms with Crippen LogP contribution in [0.2, 0.25) is 0 Å². The number of carbonyl (C=O) groups excluding carboxylic acids is 1. The number of tetrazole rings is 1. The number of rotatable bonds is 4. The second-order valence-electron chi connectivity index (χ2n) is 3.66. The zero-order valence-electron chi connectivity index (χ0n) is 9.30. The van der Waals surface area contributed by atoms with Gasteiger partial charge >= 0.3 is 0 Å². The largest absolute Gasteiger partial charge is 0.292 e. The topological polar surface area (TPSA) is 60.7 Å². The van der Waals surface area contributed by atoms with Crippen LogP contribution in [0.3, 0.4) is 0 Å². The van der Waals surface area contributed by atoms with E-state index in [0.717, 1.165) is 5.56 Å². The molecule has 0 aliphatic heterocycles. The van der Waals surface area contributed by atoms with E-state index in [4.69, 9.17) is 11.6 Å². The molecule has 0 bridgehead atoms. The molecule has 0 fully saturated rings. The maximum atomic E-state index is 11.9. The van der Waals surface area contributed by atoms with Gasteiger partial charge in [0.05, 0.1) is 5.88 Å². The minimum atomic E-state index is -0.0523. The number of aromatic nitrogens is 4. The SMILES string of the molecule is Cc1ccc(C(=O)Cn2nnc(CCl)n2)cc1. The molecule has 0 aliphatic rings. The van der Waals surface area contributed by atoms with E-state index in [2.05, 4.69) is 15.4 Å². The summed E-state index contributed by atoms with van der Waals surface area (Å²) in [6.07, 6.45) is 0. The third-order valence-electron chi connectivity index (χ3n) is 2.27. The van der Waals surface area contributed by atoms with Gasteiger partial charge in [-0.1, -0.05) is 29.8 Å². The molecule has 0 atom stereocenters. The summed E-state index contributed by atoms with van der Waals surface area (Å²) >= 11 is 5.55. The summed E-state index contributed by atoms with van der Waals surface area (Å²) in [4.78, 5) is 13.1. The Labute approximate surface area is 103 Å². The third-order valence-corrected chi connectivity index (χ3v) is 2.51. The minimum Gasteiger partial charge on any atom is -0.292 e. The molecule has 0 aliphatic carbocycles. The molecule has 1 aromatic carbocycles. The molecular weight excluding hydrogens is 240 g/mol. The van der Waals surface area contributed by atoms with Crippen LogP contribution < -0.4 is 0 Å². The van der Waals surface area contributed by atoms with Crippen LogP contribution in [0.4, 0.5) is 0 Å². The van der Waals surface area contributed by atoms with E-state index in [1.54, 1.807) is 12.1 Å². The predicted molar refractivity (Wildman–Crippen MR) is 62.9 cm³/mol. The minimum absolute atomic E-state index is 0.0523. The number of carbonyl (C=O) groups is 1. The van der Waals surface area contributed by atoms with Crippen LogP contribution in [0.5, 0.6) is 0 Å². The molecule has 2 rings (SSSR count). The fourth-order valence-electron chi connectivity index (χ4n) is 1.36. The molecular formula is C11H11ClN4O. The maximum Gasteiger partial charge on any atom is 0.189 e. The van der Waals surface area contributed by atoms with Crippen molar-refractivity contribution < 1.29 is 4.79 Å². The summed E-state index contributed by atoms with van der Waals surface area (Å²) in [5, 5.41) is 11.4. The number of alkyl halides is 1. The van der Waals surface area contributed by atoms with Gasteiger partial charge in [0.25, 0.3) is 0 Å². The van der Waals surface area contributed by atoms with Gasteiger partial charge in [-0.25, -0.2) is 0 Å². The summed E-state index contributed by atoms with van der Waals surface area (Å²) in [6.45, 7) is 2.05. The standard InChI is InChI=1S/C11H11ClN4O/c1-8-2-4-9(5-3-8)10(17)7-16-14-11(6-12)13-15-16/h2-5H,6-7H2,1H3. The van der Waals surface area contributed by atoms with Crippen molar-refractivity contribution in [2.75, 3.05) is 0 Å². The molecule has 0 N–H and O–H groups in total. The van der Waals surface area contributed by atoms with Crippen molar-refractivity contribution in [1.82, 2.24) is 20.2 Å². The van der Waals surface area contributed by atoms with E-state index < -0.39 is 0 Å². The summed E-state index contributed by atoms with van der Waals surface area (Å²) in [5.74, 6) is 0.561. The number of Topliss-reactive ketones (excluding diaryl/α,β-unsaturated/α-hetero) is 1. The highest BCUT2D eigenvalue weighted by Crippen LogP contribution is 2.05. The second-order valence-corrected chi connectivity index (χ2v) is 3.93. The highest BCUT2D eigenvalue weighted by molar-refractivity contribution is 6.16. The first-order valence-corrected chi connectivity index (χ1v) is 5.65. The molecule has 17 heavy (non-hydrogen) atoms. The van der Waals surface area contributed by atoms with Crippen LogP contribution in [0.15, 0.2) is 24.3 Å². The van der Waals surface area contributed by atoms with Gasteiger partial charge in [0.1, 0.15) is 6.54 Å². The Morgan fingerprint density at radius 2 is 2.06 bits per heavy atom. The van der Waals surface area contributed by atoms with Crippen LogP contribution in [-0.4, -0.2) is 26.0 Å². The number of benzene rings is 1. The van der Waals surface area contributed by atoms with Crippen LogP contribution in [-0.2, 0) is 12.4 Å². The summed E-state index contributed by atoms with van der Waals surface area (Å²) in [7, 11) is 0. The van der Waals surface area contributed by atoms with Gasteiger partial charge in [-0.2, -0.15) is 4.80 Å². The average molecular weight is 251 g/mol. The molecule has 2 aromatic rings. The Hall–Kier alpha value is -1.75. The van der Waals surface area contributed by atoms with Crippen LogP contribution >= 0.6 is 11.6 Å². The Bertz CT molecular complexity index is 521. The van der Waals surface area contributed by atoms with Gasteiger partial charge in [-0.3, -0.25) is 4.79 Å². The quantitative estimate of drug-likeness (QED) is 0.611. The Morgan fingerprint density at radius 1 is 1.35 bits per heavy atom. The van der Waals surface area contributed by atoms with Crippen LogP contribution in [0.1, 0.15) is 21.7 Å². The van der Waals surface area contributed by atoms with Crippen LogP contribution in [0.25, 0.3) is 0 Å². The highest BCUT2D eigenvalue weighted by Gasteiger charge is 2.09. The fraction of sp³-hybridized carbons (Fsp3) is 0.273. The second kappa shape index (κ2) is 5.05.